The van der Waals surface area contributed by atoms with Gasteiger partial charge in [0.05, 0.1) is 0 Å². The maximum atomic E-state index is 11.6. The first kappa shape index (κ1) is 16.4. The minimum Gasteiger partial charge on any atom is -0.273 e. The normalized spacial score (nSPS) is 12.5. The van der Waals surface area contributed by atoms with E-state index in [4.69, 9.17) is 0 Å². The van der Waals surface area contributed by atoms with Crippen LogP contribution in [0, 0.1) is 0 Å². The van der Waals surface area contributed by atoms with Crippen LogP contribution >= 0.6 is 0 Å². The molecule has 0 aliphatic carbocycles. The number of benzene rings is 1. The van der Waals surface area contributed by atoms with Crippen molar-refractivity contribution < 1.29 is 4.79 Å². The maximum Gasteiger partial charge on any atom is 0.240 e. The van der Waals surface area contributed by atoms with Crippen LogP contribution in [0.5, 0.6) is 0 Å². The highest BCUT2D eigenvalue weighted by Gasteiger charge is 2.02. The van der Waals surface area contributed by atoms with Gasteiger partial charge in [-0.25, -0.2) is 5.43 Å². The zero-order chi connectivity index (χ0) is 14.6. The molecule has 110 valence electrons. The Morgan fingerprint density at radius 2 is 1.90 bits per heavy atom. The van der Waals surface area contributed by atoms with Crippen LogP contribution in [0.2, 0.25) is 0 Å². The van der Waals surface area contributed by atoms with Crippen LogP contribution in [0.15, 0.2) is 35.4 Å². The molecule has 1 unspecified atom stereocenters. The van der Waals surface area contributed by atoms with Crippen molar-refractivity contribution in [2.24, 2.45) is 5.10 Å². The lowest BCUT2D eigenvalue weighted by atomic mass is 10.0. The van der Waals surface area contributed by atoms with Gasteiger partial charge in [-0.15, -0.1) is 0 Å². The highest BCUT2D eigenvalue weighted by molar-refractivity contribution is 5.77. The number of carbonyl (C=O) groups is 1. The molecule has 0 fully saturated rings. The van der Waals surface area contributed by atoms with Gasteiger partial charge in [0.15, 0.2) is 0 Å². The Bertz CT molecular complexity index is 401. The SMILES string of the molecule is CCCCCCCC(=O)NN=CC(C)c1ccccc1. The van der Waals surface area contributed by atoms with Gasteiger partial charge in [-0.2, -0.15) is 5.10 Å². The van der Waals surface area contributed by atoms with Crippen LogP contribution in [0.1, 0.15) is 63.9 Å². The molecule has 3 heteroatoms. The first-order chi connectivity index (χ1) is 9.74. The quantitative estimate of drug-likeness (QED) is 0.408. The number of carbonyl (C=O) groups excluding carboxylic acids is 1. The first-order valence-electron chi connectivity index (χ1n) is 7.61. The third kappa shape index (κ3) is 7.07. The Hall–Kier alpha value is -1.64. The summed E-state index contributed by atoms with van der Waals surface area (Å²) in [5, 5.41) is 4.04. The smallest absolute Gasteiger partial charge is 0.240 e. The Morgan fingerprint density at radius 1 is 1.20 bits per heavy atom. The van der Waals surface area contributed by atoms with Crippen LogP contribution < -0.4 is 5.43 Å². The van der Waals surface area contributed by atoms with Gasteiger partial charge in [-0.1, -0.05) is 69.9 Å². The molecular formula is C17H26N2O. The lowest BCUT2D eigenvalue weighted by Gasteiger charge is -2.05. The van der Waals surface area contributed by atoms with Crippen LogP contribution in [-0.2, 0) is 4.79 Å². The fourth-order valence-corrected chi connectivity index (χ4v) is 2.01. The number of hydrogen-bond donors (Lipinski definition) is 1. The summed E-state index contributed by atoms with van der Waals surface area (Å²) in [4.78, 5) is 11.6. The summed E-state index contributed by atoms with van der Waals surface area (Å²) in [6.45, 7) is 4.26. The van der Waals surface area contributed by atoms with Crippen LogP contribution in [0.3, 0.4) is 0 Å². The van der Waals surface area contributed by atoms with E-state index < -0.39 is 0 Å². The summed E-state index contributed by atoms with van der Waals surface area (Å²) < 4.78 is 0. The van der Waals surface area contributed by atoms with Crippen LogP contribution in [-0.4, -0.2) is 12.1 Å². The van der Waals surface area contributed by atoms with Crippen LogP contribution in [0.25, 0.3) is 0 Å². The minimum absolute atomic E-state index is 0.0120. The summed E-state index contributed by atoms with van der Waals surface area (Å²) in [5.41, 5.74) is 3.80. The van der Waals surface area contributed by atoms with Gasteiger partial charge < -0.3 is 0 Å². The Labute approximate surface area is 122 Å². The third-order valence-electron chi connectivity index (χ3n) is 3.32. The molecule has 0 radical (unpaired) electrons. The van der Waals surface area contributed by atoms with E-state index >= 15 is 0 Å². The largest absolute Gasteiger partial charge is 0.273 e. The maximum absolute atomic E-state index is 11.6. The third-order valence-corrected chi connectivity index (χ3v) is 3.32. The van der Waals surface area contributed by atoms with Crippen molar-refractivity contribution in [3.05, 3.63) is 35.9 Å². The Morgan fingerprint density at radius 3 is 2.60 bits per heavy atom. The Balaban J connectivity index is 2.18. The molecule has 0 saturated carbocycles. The molecule has 0 bridgehead atoms. The standard InChI is InChI=1S/C17H26N2O/c1-3-4-5-6-10-13-17(20)19-18-14-15(2)16-11-8-7-9-12-16/h7-9,11-12,14-15H,3-6,10,13H2,1-2H3,(H,19,20). The number of hydrogen-bond acceptors (Lipinski definition) is 2. The topological polar surface area (TPSA) is 41.5 Å². The van der Waals surface area contributed by atoms with Crippen molar-refractivity contribution in [2.75, 3.05) is 0 Å². The lowest BCUT2D eigenvalue weighted by molar-refractivity contribution is -0.121. The minimum atomic E-state index is 0.0120. The van der Waals surface area contributed by atoms with E-state index in [2.05, 4.69) is 36.5 Å². The van der Waals surface area contributed by atoms with Gasteiger partial charge in [0, 0.05) is 18.6 Å². The van der Waals surface area contributed by atoms with E-state index in [9.17, 15) is 4.79 Å². The van der Waals surface area contributed by atoms with E-state index in [1.54, 1.807) is 6.21 Å². The molecule has 0 saturated heterocycles. The zero-order valence-electron chi connectivity index (χ0n) is 12.6. The lowest BCUT2D eigenvalue weighted by Crippen LogP contribution is -2.17. The average Bonchev–Trinajstić information content (AvgIpc) is 2.48. The zero-order valence-corrected chi connectivity index (χ0v) is 12.6. The second kappa shape index (κ2) is 10.2. The Kier molecular flexibility index (Phi) is 8.36. The molecule has 1 atom stereocenters. The molecule has 1 aromatic rings. The molecule has 20 heavy (non-hydrogen) atoms. The first-order valence-corrected chi connectivity index (χ1v) is 7.61. The number of amides is 1. The van der Waals surface area contributed by atoms with Crippen LogP contribution in [0.4, 0.5) is 0 Å². The second-order valence-corrected chi connectivity index (χ2v) is 5.18. The van der Waals surface area contributed by atoms with Crippen molar-refractivity contribution in [1.29, 1.82) is 0 Å². The van der Waals surface area contributed by atoms with Gasteiger partial charge in [0.2, 0.25) is 5.91 Å². The van der Waals surface area contributed by atoms with Crippen molar-refractivity contribution in [3.8, 4) is 0 Å². The number of hydrazone groups is 1. The van der Waals surface area contributed by atoms with E-state index in [1.807, 2.05) is 18.2 Å². The van der Waals surface area contributed by atoms with Crippen molar-refractivity contribution in [1.82, 2.24) is 5.43 Å². The predicted octanol–water partition coefficient (Wildman–Crippen LogP) is 4.25. The molecule has 1 aromatic carbocycles. The number of nitrogens with zero attached hydrogens (tertiary/aromatic N) is 1. The molecule has 1 rings (SSSR count). The average molecular weight is 274 g/mol. The summed E-state index contributed by atoms with van der Waals surface area (Å²) in [5.74, 6) is 0.221. The molecular weight excluding hydrogens is 248 g/mol. The monoisotopic (exact) mass is 274 g/mol. The van der Waals surface area contributed by atoms with E-state index in [0.29, 0.717) is 6.42 Å². The molecule has 0 aromatic heterocycles. The molecule has 0 aliphatic rings. The molecule has 0 heterocycles. The highest BCUT2D eigenvalue weighted by atomic mass is 16.2. The fourth-order valence-electron chi connectivity index (χ4n) is 2.01. The fraction of sp³-hybridized carbons (Fsp3) is 0.529. The van der Waals surface area contributed by atoms with E-state index in [1.165, 1.54) is 24.8 Å². The van der Waals surface area contributed by atoms with Gasteiger partial charge in [0.1, 0.15) is 0 Å². The predicted molar refractivity (Wildman–Crippen MR) is 84.9 cm³/mol. The van der Waals surface area contributed by atoms with Crippen molar-refractivity contribution >= 4 is 12.1 Å². The summed E-state index contributed by atoms with van der Waals surface area (Å²) in [7, 11) is 0. The number of nitrogens with one attached hydrogen (secondary N) is 1. The van der Waals surface area contributed by atoms with Gasteiger partial charge in [-0.05, 0) is 12.0 Å². The van der Waals surface area contributed by atoms with Gasteiger partial charge >= 0.3 is 0 Å². The molecule has 0 aliphatic heterocycles. The molecule has 1 N–H and O–H groups in total. The number of unbranched alkanes of at least 4 members (excludes halogenated alkanes) is 4. The molecule has 3 nitrogen and oxygen atoms in total. The summed E-state index contributed by atoms with van der Waals surface area (Å²) in [6, 6.07) is 10.1. The summed E-state index contributed by atoms with van der Waals surface area (Å²) >= 11 is 0. The number of rotatable bonds is 9. The van der Waals surface area contributed by atoms with Crippen molar-refractivity contribution in [2.45, 2.75) is 58.3 Å². The molecule has 0 spiro atoms. The second-order valence-electron chi connectivity index (χ2n) is 5.18. The van der Waals surface area contributed by atoms with E-state index in [0.717, 1.165) is 12.8 Å². The van der Waals surface area contributed by atoms with Crippen molar-refractivity contribution in [3.63, 3.8) is 0 Å². The van der Waals surface area contributed by atoms with E-state index in [-0.39, 0.29) is 11.8 Å². The van der Waals surface area contributed by atoms with Gasteiger partial charge in [-0.3, -0.25) is 4.79 Å². The molecule has 1 amide bonds. The highest BCUT2D eigenvalue weighted by Crippen LogP contribution is 2.11. The van der Waals surface area contributed by atoms with Gasteiger partial charge in [0.25, 0.3) is 0 Å². The summed E-state index contributed by atoms with van der Waals surface area (Å²) in [6.07, 6.45) is 8.15.